The first-order valence-electron chi connectivity index (χ1n) is 11.9. The lowest BCUT2D eigenvalue weighted by molar-refractivity contribution is -0.119. The number of hydrogen-bond donors (Lipinski definition) is 1. The van der Waals surface area contributed by atoms with Gasteiger partial charge in [-0.05, 0) is 42.0 Å². The van der Waals surface area contributed by atoms with Gasteiger partial charge in [0, 0.05) is 30.3 Å². The summed E-state index contributed by atoms with van der Waals surface area (Å²) in [5, 5.41) is 2.57. The Kier molecular flexibility index (Phi) is 7.91. The third-order valence-electron chi connectivity index (χ3n) is 6.18. The smallest absolute Gasteiger partial charge is 0.339 e. The second-order valence-electron chi connectivity index (χ2n) is 8.64. The maximum Gasteiger partial charge on any atom is 0.339 e. The van der Waals surface area contributed by atoms with Gasteiger partial charge in [0.2, 0.25) is 11.7 Å². The van der Waals surface area contributed by atoms with Crippen LogP contribution in [0.4, 0.5) is 11.4 Å². The fourth-order valence-electron chi connectivity index (χ4n) is 4.30. The Balaban J connectivity index is 1.69. The van der Waals surface area contributed by atoms with Gasteiger partial charge in [-0.15, -0.1) is 0 Å². The highest BCUT2D eigenvalue weighted by molar-refractivity contribution is 7.87. The number of carbonyl (C=O) groups excluding carboxylic acids is 2. The van der Waals surface area contributed by atoms with Gasteiger partial charge in [0.15, 0.2) is 23.0 Å². The van der Waals surface area contributed by atoms with Gasteiger partial charge >= 0.3 is 10.1 Å². The maximum absolute atomic E-state index is 13.1. The zero-order chi connectivity index (χ0) is 29.2. The third kappa shape index (κ3) is 5.25. The summed E-state index contributed by atoms with van der Waals surface area (Å²) in [6.45, 7) is 5.27. The first-order chi connectivity index (χ1) is 19.0. The Morgan fingerprint density at radius 2 is 1.45 bits per heavy atom. The van der Waals surface area contributed by atoms with Crippen LogP contribution in [0.2, 0.25) is 0 Å². The van der Waals surface area contributed by atoms with E-state index in [1.807, 2.05) is 0 Å². The predicted octanol–water partition coefficient (Wildman–Crippen LogP) is 4.09. The summed E-state index contributed by atoms with van der Waals surface area (Å²) in [7, 11) is 1.51. The molecule has 3 aromatic carbocycles. The van der Waals surface area contributed by atoms with Crippen molar-refractivity contribution in [2.24, 2.45) is 0 Å². The Morgan fingerprint density at radius 3 is 1.98 bits per heavy atom. The lowest BCUT2D eigenvalue weighted by atomic mass is 9.88. The monoisotopic (exact) mass is 568 g/mol. The summed E-state index contributed by atoms with van der Waals surface area (Å²) in [6.07, 6.45) is 0. The van der Waals surface area contributed by atoms with Crippen LogP contribution in [0.1, 0.15) is 18.5 Å². The van der Waals surface area contributed by atoms with Crippen LogP contribution in [0.5, 0.6) is 28.7 Å². The highest BCUT2D eigenvalue weighted by Crippen LogP contribution is 2.48. The predicted molar refractivity (Wildman–Crippen MR) is 147 cm³/mol. The summed E-state index contributed by atoms with van der Waals surface area (Å²) >= 11 is 0. The highest BCUT2D eigenvalue weighted by atomic mass is 32.2. The van der Waals surface area contributed by atoms with Crippen molar-refractivity contribution in [1.82, 2.24) is 0 Å². The van der Waals surface area contributed by atoms with Gasteiger partial charge in [-0.1, -0.05) is 12.6 Å². The summed E-state index contributed by atoms with van der Waals surface area (Å²) in [5.41, 5.74) is 1.72. The van der Waals surface area contributed by atoms with Crippen LogP contribution in [-0.2, 0) is 19.7 Å². The molecule has 3 aromatic rings. The van der Waals surface area contributed by atoms with Crippen molar-refractivity contribution in [1.29, 1.82) is 0 Å². The number of carbonyl (C=O) groups is 2. The number of nitrogens with one attached hydrogen (secondary N) is 1. The van der Waals surface area contributed by atoms with E-state index in [1.54, 1.807) is 24.3 Å². The van der Waals surface area contributed by atoms with Crippen molar-refractivity contribution in [3.8, 4) is 28.7 Å². The molecule has 40 heavy (non-hydrogen) atoms. The van der Waals surface area contributed by atoms with E-state index < -0.39 is 16.2 Å². The maximum atomic E-state index is 13.1. The largest absolute Gasteiger partial charge is 0.493 e. The first kappa shape index (κ1) is 28.3. The molecule has 0 unspecified atom stereocenters. The van der Waals surface area contributed by atoms with Crippen LogP contribution in [0, 0.1) is 0 Å². The van der Waals surface area contributed by atoms with Gasteiger partial charge in [0.25, 0.3) is 5.91 Å². The molecule has 11 nitrogen and oxygen atoms in total. The molecular weight excluding hydrogens is 540 g/mol. The van der Waals surface area contributed by atoms with Gasteiger partial charge in [0.05, 0.1) is 40.2 Å². The minimum absolute atomic E-state index is 0.0806. The van der Waals surface area contributed by atoms with Crippen molar-refractivity contribution in [3.63, 3.8) is 0 Å². The molecular formula is C28H28N2O9S. The van der Waals surface area contributed by atoms with E-state index in [9.17, 15) is 18.0 Å². The Morgan fingerprint density at radius 1 is 0.850 bits per heavy atom. The van der Waals surface area contributed by atoms with E-state index in [2.05, 4.69) is 11.9 Å². The normalized spacial score (nSPS) is 14.7. The van der Waals surface area contributed by atoms with Crippen LogP contribution in [-0.4, -0.2) is 48.7 Å². The number of anilines is 2. The zero-order valence-electron chi connectivity index (χ0n) is 22.5. The second-order valence-corrected chi connectivity index (χ2v) is 10.2. The fourth-order valence-corrected chi connectivity index (χ4v) is 5.24. The van der Waals surface area contributed by atoms with Crippen LogP contribution in [0.15, 0.2) is 71.6 Å². The molecule has 1 heterocycles. The number of hydrogen-bond acceptors (Lipinski definition) is 9. The number of rotatable bonds is 10. The molecule has 0 bridgehead atoms. The lowest BCUT2D eigenvalue weighted by Gasteiger charge is -2.42. The molecule has 1 aliphatic rings. The molecule has 0 aliphatic carbocycles. The number of nitrogens with zero attached hydrogens (tertiary/aromatic N) is 1. The fraction of sp³-hybridized carbons (Fsp3) is 0.214. The van der Waals surface area contributed by atoms with Crippen molar-refractivity contribution in [3.05, 3.63) is 72.3 Å². The Hall–Kier alpha value is -4.71. The van der Waals surface area contributed by atoms with Crippen molar-refractivity contribution < 1.29 is 41.1 Å². The molecule has 0 spiro atoms. The van der Waals surface area contributed by atoms with E-state index in [0.29, 0.717) is 39.8 Å². The molecule has 1 N–H and O–H groups in total. The summed E-state index contributed by atoms with van der Waals surface area (Å²) in [4.78, 5) is 25.6. The van der Waals surface area contributed by atoms with Crippen molar-refractivity contribution in [2.45, 2.75) is 17.9 Å². The third-order valence-corrected chi connectivity index (χ3v) is 7.42. The number of methoxy groups -OCH3 is 4. The van der Waals surface area contributed by atoms with Gasteiger partial charge in [0.1, 0.15) is 4.90 Å². The quantitative estimate of drug-likeness (QED) is 0.218. The molecule has 0 saturated carbocycles. The molecule has 1 atom stereocenters. The number of benzene rings is 3. The molecule has 2 amide bonds. The molecule has 1 aliphatic heterocycles. The van der Waals surface area contributed by atoms with Gasteiger partial charge in [-0.2, -0.15) is 8.42 Å². The lowest BCUT2D eigenvalue weighted by Crippen LogP contribution is -2.48. The van der Waals surface area contributed by atoms with Crippen LogP contribution in [0.3, 0.4) is 0 Å². The van der Waals surface area contributed by atoms with E-state index in [4.69, 9.17) is 23.1 Å². The zero-order valence-corrected chi connectivity index (χ0v) is 23.3. The summed E-state index contributed by atoms with van der Waals surface area (Å²) < 4.78 is 53.2. The first-order valence-corrected chi connectivity index (χ1v) is 13.3. The molecule has 12 heteroatoms. The summed E-state index contributed by atoms with van der Waals surface area (Å²) in [6, 6.07) is 12.9. The molecule has 1 saturated heterocycles. The average molecular weight is 569 g/mol. The molecule has 0 radical (unpaired) electrons. The minimum Gasteiger partial charge on any atom is -0.493 e. The average Bonchev–Trinajstić information content (AvgIpc) is 2.94. The SMILES string of the molecule is C=C1C(=O)N(c2cc(OC)c(OC)c(OC)c2)[C@H]1c1ccc(OC)c(OS(=O)(=O)c2ccc(NC(C)=O)cc2)c1. The number of amides is 2. The van der Waals surface area contributed by atoms with Gasteiger partial charge in [-0.25, -0.2) is 0 Å². The Labute approximate surface area is 232 Å². The van der Waals surface area contributed by atoms with Crippen molar-refractivity contribution >= 4 is 33.3 Å². The van der Waals surface area contributed by atoms with Gasteiger partial charge in [-0.3, -0.25) is 14.5 Å². The van der Waals surface area contributed by atoms with Crippen molar-refractivity contribution in [2.75, 3.05) is 38.7 Å². The molecule has 0 aromatic heterocycles. The molecule has 4 rings (SSSR count). The number of β-lactam (4-membered cyclic amide) rings is 1. The second kappa shape index (κ2) is 11.2. The Bertz CT molecular complexity index is 1560. The standard InChI is InChI=1S/C28H28N2O9S/c1-16-26(30(28(16)32)20-14-24(36-4)27(38-6)25(15-20)37-5)18-7-12-22(35-3)23(13-18)39-40(33,34)21-10-8-19(9-11-21)29-17(2)31/h7-15,26H,1H2,2-6H3,(H,29,31)/t26-/m1/s1. The minimum atomic E-state index is -4.28. The van der Waals surface area contributed by atoms with Crippen LogP contribution < -0.4 is 33.3 Å². The summed E-state index contributed by atoms with van der Waals surface area (Å²) in [5.74, 6) is 0.549. The molecule has 1 fully saturated rings. The molecule has 210 valence electrons. The van der Waals surface area contributed by atoms with E-state index in [1.165, 1.54) is 70.6 Å². The van der Waals surface area contributed by atoms with E-state index in [-0.39, 0.29) is 28.2 Å². The van der Waals surface area contributed by atoms with Crippen LogP contribution >= 0.6 is 0 Å². The number of ether oxygens (including phenoxy) is 4. The highest BCUT2D eigenvalue weighted by Gasteiger charge is 2.43. The van der Waals surface area contributed by atoms with E-state index >= 15 is 0 Å². The van der Waals surface area contributed by atoms with Crippen LogP contribution in [0.25, 0.3) is 0 Å². The van der Waals surface area contributed by atoms with Gasteiger partial charge < -0.3 is 28.4 Å². The topological polar surface area (TPSA) is 130 Å². The van der Waals surface area contributed by atoms with E-state index in [0.717, 1.165) is 0 Å².